The molecule has 1 saturated carbocycles. The van der Waals surface area contributed by atoms with Crippen LogP contribution < -0.4 is 10.5 Å². The molecule has 0 aliphatic heterocycles. The van der Waals surface area contributed by atoms with Gasteiger partial charge in [-0.2, -0.15) is 0 Å². The average molecular weight is 292 g/mol. The van der Waals surface area contributed by atoms with E-state index in [1.807, 2.05) is 12.1 Å². The summed E-state index contributed by atoms with van der Waals surface area (Å²) in [5.41, 5.74) is 6.83. The van der Waals surface area contributed by atoms with Gasteiger partial charge in [0.15, 0.2) is 0 Å². The maximum atomic E-state index is 6.23. The zero-order valence-corrected chi connectivity index (χ0v) is 13.5. The molecule has 0 atom stereocenters. The highest BCUT2D eigenvalue weighted by Gasteiger charge is 2.36. The highest BCUT2D eigenvalue weighted by atomic mass is 16.5. The van der Waals surface area contributed by atoms with E-state index < -0.39 is 0 Å². The van der Waals surface area contributed by atoms with Crippen molar-refractivity contribution in [2.75, 3.05) is 13.7 Å². The molecule has 1 heterocycles. The number of ether oxygens (including phenoxy) is 2. The Balaban J connectivity index is 1.97. The highest BCUT2D eigenvalue weighted by molar-refractivity contribution is 5.24. The Bertz CT molecular complexity index is 440. The molecule has 118 valence electrons. The van der Waals surface area contributed by atoms with E-state index in [1.165, 1.54) is 12.8 Å². The van der Waals surface area contributed by atoms with E-state index in [9.17, 15) is 0 Å². The van der Waals surface area contributed by atoms with E-state index in [2.05, 4.69) is 18.8 Å². The Morgan fingerprint density at radius 2 is 2.10 bits per heavy atom. The topological polar surface area (TPSA) is 57.4 Å². The van der Waals surface area contributed by atoms with E-state index in [1.54, 1.807) is 13.3 Å². The summed E-state index contributed by atoms with van der Waals surface area (Å²) in [7, 11) is 1.64. The molecule has 1 aromatic rings. The van der Waals surface area contributed by atoms with Gasteiger partial charge in [0.05, 0.1) is 19.3 Å². The first-order valence-electron chi connectivity index (χ1n) is 7.92. The predicted octanol–water partition coefficient (Wildman–Crippen LogP) is 3.15. The Hall–Kier alpha value is -1.13. The van der Waals surface area contributed by atoms with Crippen molar-refractivity contribution in [2.24, 2.45) is 17.6 Å². The lowest BCUT2D eigenvalue weighted by Gasteiger charge is -2.40. The second kappa shape index (κ2) is 7.23. The zero-order chi connectivity index (χ0) is 15.3. The number of hydrogen-bond donors (Lipinski definition) is 1. The fourth-order valence-electron chi connectivity index (χ4n) is 3.19. The largest absolute Gasteiger partial charge is 0.481 e. The number of pyridine rings is 1. The predicted molar refractivity (Wildman–Crippen MR) is 84.2 cm³/mol. The lowest BCUT2D eigenvalue weighted by molar-refractivity contribution is -0.0845. The summed E-state index contributed by atoms with van der Waals surface area (Å²) in [5.74, 6) is 2.20. The van der Waals surface area contributed by atoms with Crippen LogP contribution >= 0.6 is 0 Å². The van der Waals surface area contributed by atoms with Crippen molar-refractivity contribution >= 4 is 0 Å². The molecular formula is C17H28N2O2. The standard InChI is InChI=1S/C17H28N2O2/c1-13(2)14-6-8-17(12-18,9-7-14)21-11-15-5-4-10-19-16(15)20-3/h4-5,10,13-14H,6-9,11-12,18H2,1-3H3. The maximum Gasteiger partial charge on any atom is 0.218 e. The van der Waals surface area contributed by atoms with Crippen molar-refractivity contribution < 1.29 is 9.47 Å². The van der Waals surface area contributed by atoms with Crippen molar-refractivity contribution in [1.29, 1.82) is 0 Å². The fraction of sp³-hybridized carbons (Fsp3) is 0.706. The van der Waals surface area contributed by atoms with Crippen LogP contribution in [0.2, 0.25) is 0 Å². The molecule has 0 unspecified atom stereocenters. The van der Waals surface area contributed by atoms with E-state index in [0.29, 0.717) is 19.0 Å². The minimum absolute atomic E-state index is 0.174. The number of aromatic nitrogens is 1. The van der Waals surface area contributed by atoms with Crippen LogP contribution in [-0.4, -0.2) is 24.2 Å². The Morgan fingerprint density at radius 3 is 2.67 bits per heavy atom. The second-order valence-corrected chi connectivity index (χ2v) is 6.43. The highest BCUT2D eigenvalue weighted by Crippen LogP contribution is 2.38. The number of rotatable bonds is 6. The second-order valence-electron chi connectivity index (χ2n) is 6.43. The fourth-order valence-corrected chi connectivity index (χ4v) is 3.19. The van der Waals surface area contributed by atoms with Gasteiger partial charge in [0, 0.05) is 18.3 Å². The van der Waals surface area contributed by atoms with E-state index in [0.717, 1.165) is 30.2 Å². The number of methoxy groups -OCH3 is 1. The third kappa shape index (κ3) is 3.95. The Labute approximate surface area is 128 Å². The molecule has 0 bridgehead atoms. The van der Waals surface area contributed by atoms with Gasteiger partial charge in [-0.05, 0) is 49.7 Å². The van der Waals surface area contributed by atoms with Gasteiger partial charge in [0.1, 0.15) is 0 Å². The lowest BCUT2D eigenvalue weighted by Crippen LogP contribution is -2.44. The van der Waals surface area contributed by atoms with Crippen molar-refractivity contribution in [3.8, 4) is 5.88 Å². The number of nitrogens with two attached hydrogens (primary N) is 1. The third-order valence-corrected chi connectivity index (χ3v) is 4.83. The molecule has 1 fully saturated rings. The van der Waals surface area contributed by atoms with Crippen molar-refractivity contribution in [2.45, 2.75) is 51.7 Å². The van der Waals surface area contributed by atoms with Gasteiger partial charge >= 0.3 is 0 Å². The monoisotopic (exact) mass is 292 g/mol. The minimum Gasteiger partial charge on any atom is -0.481 e. The van der Waals surface area contributed by atoms with Gasteiger partial charge in [-0.1, -0.05) is 13.8 Å². The zero-order valence-electron chi connectivity index (χ0n) is 13.5. The number of nitrogens with zero attached hydrogens (tertiary/aromatic N) is 1. The van der Waals surface area contributed by atoms with Crippen LogP contribution in [-0.2, 0) is 11.3 Å². The molecule has 0 amide bonds. The summed E-state index contributed by atoms with van der Waals surface area (Å²) in [6.07, 6.45) is 6.25. The van der Waals surface area contributed by atoms with Crippen molar-refractivity contribution in [1.82, 2.24) is 4.98 Å². The van der Waals surface area contributed by atoms with Crippen molar-refractivity contribution in [3.63, 3.8) is 0 Å². The van der Waals surface area contributed by atoms with Crippen LogP contribution in [0.5, 0.6) is 5.88 Å². The molecule has 4 nitrogen and oxygen atoms in total. The van der Waals surface area contributed by atoms with Gasteiger partial charge in [0.2, 0.25) is 5.88 Å². The summed E-state index contributed by atoms with van der Waals surface area (Å²) >= 11 is 0. The third-order valence-electron chi connectivity index (χ3n) is 4.83. The van der Waals surface area contributed by atoms with E-state index >= 15 is 0 Å². The molecular weight excluding hydrogens is 264 g/mol. The van der Waals surface area contributed by atoms with Gasteiger partial charge in [0.25, 0.3) is 0 Å². The summed E-state index contributed by atoms with van der Waals surface area (Å²) in [6, 6.07) is 3.90. The quantitative estimate of drug-likeness (QED) is 0.875. The molecule has 2 N–H and O–H groups in total. The molecule has 1 aliphatic rings. The van der Waals surface area contributed by atoms with Crippen LogP contribution in [0.4, 0.5) is 0 Å². The summed E-state index contributed by atoms with van der Waals surface area (Å²) < 4.78 is 11.5. The normalized spacial score (nSPS) is 26.0. The SMILES string of the molecule is COc1ncccc1COC1(CN)CCC(C(C)C)CC1. The van der Waals surface area contributed by atoms with Crippen LogP contribution in [0.25, 0.3) is 0 Å². The van der Waals surface area contributed by atoms with Gasteiger partial charge in [-0.15, -0.1) is 0 Å². The van der Waals surface area contributed by atoms with Crippen LogP contribution in [0, 0.1) is 11.8 Å². The molecule has 1 aliphatic carbocycles. The van der Waals surface area contributed by atoms with Crippen LogP contribution in [0.15, 0.2) is 18.3 Å². The van der Waals surface area contributed by atoms with Crippen LogP contribution in [0.1, 0.15) is 45.1 Å². The van der Waals surface area contributed by atoms with Gasteiger partial charge < -0.3 is 15.2 Å². The first-order valence-corrected chi connectivity index (χ1v) is 7.92. The molecule has 4 heteroatoms. The average Bonchev–Trinajstić information content (AvgIpc) is 2.53. The molecule has 0 spiro atoms. The van der Waals surface area contributed by atoms with E-state index in [-0.39, 0.29) is 5.60 Å². The first kappa shape index (κ1) is 16.2. The molecule has 2 rings (SSSR count). The van der Waals surface area contributed by atoms with Gasteiger partial charge in [-0.25, -0.2) is 4.98 Å². The maximum absolute atomic E-state index is 6.23. The molecule has 0 radical (unpaired) electrons. The summed E-state index contributed by atoms with van der Waals surface area (Å²) in [4.78, 5) is 4.21. The van der Waals surface area contributed by atoms with Gasteiger partial charge in [-0.3, -0.25) is 0 Å². The van der Waals surface area contributed by atoms with Crippen LogP contribution in [0.3, 0.4) is 0 Å². The minimum atomic E-state index is -0.174. The Kier molecular flexibility index (Phi) is 5.59. The first-order chi connectivity index (χ1) is 10.1. The van der Waals surface area contributed by atoms with E-state index in [4.69, 9.17) is 15.2 Å². The number of hydrogen-bond acceptors (Lipinski definition) is 4. The van der Waals surface area contributed by atoms with Crippen molar-refractivity contribution in [3.05, 3.63) is 23.9 Å². The molecule has 21 heavy (non-hydrogen) atoms. The Morgan fingerprint density at radius 1 is 1.38 bits per heavy atom. The summed E-state index contributed by atoms with van der Waals surface area (Å²) in [5, 5.41) is 0. The molecule has 0 aromatic carbocycles. The lowest BCUT2D eigenvalue weighted by atomic mass is 9.74. The smallest absolute Gasteiger partial charge is 0.218 e. The molecule has 0 saturated heterocycles. The summed E-state index contributed by atoms with van der Waals surface area (Å²) in [6.45, 7) is 5.71. The molecule has 1 aromatic heterocycles.